The highest BCUT2D eigenvalue weighted by Crippen LogP contribution is 2.29. The maximum atomic E-state index is 12.8. The van der Waals surface area contributed by atoms with Gasteiger partial charge in [-0.15, -0.1) is 10.1 Å². The fraction of sp³-hybridized carbons (Fsp3) is 0.154. The van der Waals surface area contributed by atoms with Crippen LogP contribution < -0.4 is 4.74 Å². The largest absolute Gasteiger partial charge is 0.514 e. The maximum Gasteiger partial charge on any atom is 0.514 e. The highest BCUT2D eigenvalue weighted by atomic mass is 32.2. The molecule has 0 radical (unpaired) electrons. The minimum absolute atomic E-state index is 0.0544. The zero-order valence-corrected chi connectivity index (χ0v) is 21.2. The lowest BCUT2D eigenvalue weighted by Gasteiger charge is -2.16. The van der Waals surface area contributed by atoms with E-state index in [1.165, 1.54) is 49.6 Å². The van der Waals surface area contributed by atoms with Crippen LogP contribution in [0.1, 0.15) is 16.7 Å². The number of carbonyl (C=O) groups excluding carboxylic acids is 2. The van der Waals surface area contributed by atoms with Gasteiger partial charge in [0.1, 0.15) is 19.0 Å². The Labute approximate surface area is 218 Å². The van der Waals surface area contributed by atoms with E-state index in [0.717, 1.165) is 6.26 Å². The van der Waals surface area contributed by atoms with Gasteiger partial charge in [-0.3, -0.25) is 0 Å². The number of hydrogen-bond acceptors (Lipinski definition) is 10. The summed E-state index contributed by atoms with van der Waals surface area (Å²) in [6.45, 7) is -0.768. The minimum Gasteiger partial charge on any atom is -0.465 e. The van der Waals surface area contributed by atoms with Crippen LogP contribution in [0.2, 0.25) is 0 Å². The van der Waals surface area contributed by atoms with Crippen molar-refractivity contribution in [3.63, 3.8) is 0 Å². The van der Waals surface area contributed by atoms with Crippen molar-refractivity contribution in [2.24, 2.45) is 0 Å². The van der Waals surface area contributed by atoms with Crippen LogP contribution in [-0.2, 0) is 35.5 Å². The summed E-state index contributed by atoms with van der Waals surface area (Å²) in [6.07, 6.45) is -0.0415. The summed E-state index contributed by atoms with van der Waals surface area (Å²) in [5, 5.41) is 9.47. The molecule has 3 rings (SSSR count). The van der Waals surface area contributed by atoms with Gasteiger partial charge in [-0.2, -0.15) is 0 Å². The number of carbonyl (C=O) groups is 2. The molecule has 3 aromatic rings. The average Bonchev–Trinajstić information content (AvgIpc) is 2.89. The molecule has 0 saturated heterocycles. The van der Waals surface area contributed by atoms with Crippen molar-refractivity contribution in [2.75, 3.05) is 20.0 Å². The van der Waals surface area contributed by atoms with Crippen LogP contribution in [-0.4, -0.2) is 45.6 Å². The fourth-order valence-corrected chi connectivity index (χ4v) is 4.04. The summed E-state index contributed by atoms with van der Waals surface area (Å²) in [5.41, 5.74) is 1.63. The second-order valence-electron chi connectivity index (χ2n) is 7.79. The van der Waals surface area contributed by atoms with E-state index in [0.29, 0.717) is 16.7 Å². The van der Waals surface area contributed by atoms with Gasteiger partial charge in [-0.05, 0) is 41.0 Å². The molecule has 11 nitrogen and oxygen atoms in total. The molecule has 0 saturated carbocycles. The zero-order valence-electron chi connectivity index (χ0n) is 20.4. The van der Waals surface area contributed by atoms with Gasteiger partial charge < -0.3 is 19.0 Å². The predicted molar refractivity (Wildman–Crippen MR) is 135 cm³/mol. The van der Waals surface area contributed by atoms with Crippen molar-refractivity contribution >= 4 is 33.1 Å². The summed E-state index contributed by atoms with van der Waals surface area (Å²) >= 11 is 0. The molecule has 0 N–H and O–H groups in total. The lowest BCUT2D eigenvalue weighted by atomic mass is 9.95. The lowest BCUT2D eigenvalue weighted by molar-refractivity contribution is -0.763. The number of rotatable bonds is 10. The third-order valence-electron chi connectivity index (χ3n) is 5.16. The Morgan fingerprint density at radius 2 is 1.61 bits per heavy atom. The standard InChI is InChI=1S/C26H23NO10S/c1-34-25(28)24(20-8-4-3-5-9-20)23(19-11-13-22(14-12-19)38(2,32)33)17-35-26(29)37-21-10-6-7-18(15-21)16-36-27(30)31/h3-15H,16-17H2,1-2H3. The van der Waals surface area contributed by atoms with Gasteiger partial charge in [0, 0.05) is 11.8 Å². The Morgan fingerprint density at radius 1 is 0.921 bits per heavy atom. The molecule has 0 spiro atoms. The van der Waals surface area contributed by atoms with Gasteiger partial charge >= 0.3 is 12.1 Å². The van der Waals surface area contributed by atoms with E-state index >= 15 is 0 Å². The molecule has 0 atom stereocenters. The molecule has 0 bridgehead atoms. The third-order valence-corrected chi connectivity index (χ3v) is 6.28. The summed E-state index contributed by atoms with van der Waals surface area (Å²) in [6, 6.07) is 20.2. The Bertz CT molecular complexity index is 1450. The topological polar surface area (TPSA) is 148 Å². The average molecular weight is 542 g/mol. The normalized spacial score (nSPS) is 11.6. The fourth-order valence-electron chi connectivity index (χ4n) is 3.41. The predicted octanol–water partition coefficient (Wildman–Crippen LogP) is 4.10. The number of hydrogen-bond donors (Lipinski definition) is 0. The summed E-state index contributed by atoms with van der Waals surface area (Å²) in [5.74, 6) is -0.646. The van der Waals surface area contributed by atoms with Gasteiger partial charge in [0.25, 0.3) is 5.09 Å². The SMILES string of the molecule is COC(=O)C(=C(COC(=O)Oc1cccc(CO[N+](=O)[O-])c1)c1ccc(S(C)(=O)=O)cc1)c1ccccc1. The molecule has 12 heteroatoms. The molecule has 0 aliphatic carbocycles. The van der Waals surface area contributed by atoms with E-state index in [1.807, 2.05) is 0 Å². The molecule has 0 aromatic heterocycles. The molecule has 0 heterocycles. The van der Waals surface area contributed by atoms with E-state index in [9.17, 15) is 28.1 Å². The molecule has 0 fully saturated rings. The number of benzene rings is 3. The first kappa shape index (κ1) is 27.9. The molecule has 0 aliphatic heterocycles. The molecular weight excluding hydrogens is 518 g/mol. The number of nitrogens with zero attached hydrogens (tertiary/aromatic N) is 1. The second-order valence-corrected chi connectivity index (χ2v) is 9.81. The monoisotopic (exact) mass is 541 g/mol. The molecular formula is C26H23NO10S. The van der Waals surface area contributed by atoms with Gasteiger partial charge in [0.05, 0.1) is 17.6 Å². The van der Waals surface area contributed by atoms with Crippen molar-refractivity contribution in [1.29, 1.82) is 0 Å². The van der Waals surface area contributed by atoms with Crippen LogP contribution in [0.4, 0.5) is 4.79 Å². The first-order valence-electron chi connectivity index (χ1n) is 11.0. The summed E-state index contributed by atoms with van der Waals surface area (Å²) in [7, 11) is -2.26. The molecule has 198 valence electrons. The van der Waals surface area contributed by atoms with Crippen molar-refractivity contribution in [3.05, 3.63) is 106 Å². The lowest BCUT2D eigenvalue weighted by Crippen LogP contribution is -2.15. The van der Waals surface area contributed by atoms with E-state index < -0.39 is 33.7 Å². The van der Waals surface area contributed by atoms with Gasteiger partial charge in [-0.1, -0.05) is 54.6 Å². The van der Waals surface area contributed by atoms with Crippen LogP contribution in [0, 0.1) is 10.1 Å². The molecule has 38 heavy (non-hydrogen) atoms. The van der Waals surface area contributed by atoms with Gasteiger partial charge in [0.2, 0.25) is 0 Å². The van der Waals surface area contributed by atoms with Crippen molar-refractivity contribution in [1.82, 2.24) is 0 Å². The van der Waals surface area contributed by atoms with Crippen LogP contribution in [0.3, 0.4) is 0 Å². The van der Waals surface area contributed by atoms with Crippen LogP contribution >= 0.6 is 0 Å². The zero-order chi connectivity index (χ0) is 27.7. The van der Waals surface area contributed by atoms with Crippen molar-refractivity contribution in [3.8, 4) is 5.75 Å². The molecule has 0 aliphatic rings. The highest BCUT2D eigenvalue weighted by molar-refractivity contribution is 7.90. The molecule has 0 unspecified atom stereocenters. The first-order valence-corrected chi connectivity index (χ1v) is 12.9. The molecule has 0 amide bonds. The Balaban J connectivity index is 1.92. The number of esters is 1. The number of sulfone groups is 1. The Kier molecular flexibility index (Phi) is 9.17. The number of ether oxygens (including phenoxy) is 3. The highest BCUT2D eigenvalue weighted by Gasteiger charge is 2.22. The number of methoxy groups -OCH3 is 1. The summed E-state index contributed by atoms with van der Waals surface area (Å²) < 4.78 is 39.3. The Hall–Kier alpha value is -4.71. The first-order chi connectivity index (χ1) is 18.1. The van der Waals surface area contributed by atoms with Crippen molar-refractivity contribution in [2.45, 2.75) is 11.5 Å². The van der Waals surface area contributed by atoms with Crippen molar-refractivity contribution < 1.29 is 42.1 Å². The smallest absolute Gasteiger partial charge is 0.465 e. The van der Waals surface area contributed by atoms with Crippen LogP contribution in [0.25, 0.3) is 11.1 Å². The van der Waals surface area contributed by atoms with E-state index in [4.69, 9.17) is 14.2 Å². The van der Waals surface area contributed by atoms with E-state index in [-0.39, 0.29) is 28.4 Å². The van der Waals surface area contributed by atoms with Gasteiger partial charge in [-0.25, -0.2) is 18.0 Å². The molecule has 3 aromatic carbocycles. The van der Waals surface area contributed by atoms with E-state index in [1.54, 1.807) is 36.4 Å². The maximum absolute atomic E-state index is 12.8. The second kappa shape index (κ2) is 12.5. The third kappa shape index (κ3) is 7.64. The minimum atomic E-state index is -3.47. The van der Waals surface area contributed by atoms with Crippen LogP contribution in [0.5, 0.6) is 5.75 Å². The summed E-state index contributed by atoms with van der Waals surface area (Å²) in [4.78, 5) is 40.1. The van der Waals surface area contributed by atoms with Crippen LogP contribution in [0.15, 0.2) is 83.8 Å². The Morgan fingerprint density at radius 3 is 2.21 bits per heavy atom. The van der Waals surface area contributed by atoms with E-state index in [2.05, 4.69) is 4.84 Å². The van der Waals surface area contributed by atoms with Gasteiger partial charge in [0.15, 0.2) is 9.84 Å². The quantitative estimate of drug-likeness (QED) is 0.0917.